The molecule has 1 atom stereocenters. The van der Waals surface area contributed by atoms with Crippen molar-refractivity contribution in [1.29, 1.82) is 0 Å². The first-order chi connectivity index (χ1) is 8.74. The number of pyridine rings is 1. The van der Waals surface area contributed by atoms with Gasteiger partial charge in [-0.1, -0.05) is 12.1 Å². The van der Waals surface area contributed by atoms with Crippen molar-refractivity contribution in [2.24, 2.45) is 7.05 Å². The van der Waals surface area contributed by atoms with Gasteiger partial charge in [0.05, 0.1) is 11.7 Å². The molecule has 1 N–H and O–H groups in total. The number of hydrogen-bond acceptors (Lipinski definition) is 4. The van der Waals surface area contributed by atoms with Crippen LogP contribution in [0, 0.1) is 0 Å². The zero-order valence-electron chi connectivity index (χ0n) is 10.5. The van der Waals surface area contributed by atoms with Gasteiger partial charge in [-0.3, -0.25) is 4.98 Å². The van der Waals surface area contributed by atoms with Crippen LogP contribution in [0.15, 0.2) is 29.1 Å². The molecule has 6 heteroatoms. The Labute approximate surface area is 115 Å². The van der Waals surface area contributed by atoms with Crippen LogP contribution in [0.3, 0.4) is 0 Å². The van der Waals surface area contributed by atoms with Crippen molar-refractivity contribution in [3.05, 3.63) is 40.4 Å². The normalized spacial score (nSPS) is 12.6. The summed E-state index contributed by atoms with van der Waals surface area (Å²) in [5.41, 5.74) is 2.18. The zero-order valence-corrected chi connectivity index (χ0v) is 12.1. The van der Waals surface area contributed by atoms with E-state index in [1.165, 1.54) is 0 Å². The fourth-order valence-electron chi connectivity index (χ4n) is 1.86. The fourth-order valence-corrected chi connectivity index (χ4v) is 2.42. The Hall–Kier alpha value is -1.27. The van der Waals surface area contributed by atoms with Crippen molar-refractivity contribution in [2.45, 2.75) is 19.4 Å². The largest absolute Gasteiger partial charge is 0.305 e. The predicted octanol–water partition coefficient (Wildman–Crippen LogP) is 2.06. The highest BCUT2D eigenvalue weighted by Gasteiger charge is 2.21. The van der Waals surface area contributed by atoms with Gasteiger partial charge >= 0.3 is 0 Å². The molecule has 0 aliphatic heterocycles. The van der Waals surface area contributed by atoms with Crippen LogP contribution in [-0.2, 0) is 7.05 Å². The summed E-state index contributed by atoms with van der Waals surface area (Å²) in [4.78, 5) is 4.06. The number of aromatic nitrogens is 4. The van der Waals surface area contributed by atoms with Crippen LogP contribution in [0.5, 0.6) is 0 Å². The summed E-state index contributed by atoms with van der Waals surface area (Å²) in [7, 11) is 1.90. The van der Waals surface area contributed by atoms with E-state index < -0.39 is 0 Å². The van der Waals surface area contributed by atoms with Crippen LogP contribution in [0.2, 0.25) is 0 Å². The minimum Gasteiger partial charge on any atom is -0.305 e. The van der Waals surface area contributed by atoms with E-state index in [0.29, 0.717) is 0 Å². The highest BCUT2D eigenvalue weighted by Crippen LogP contribution is 2.26. The number of hydrogen-bond donors (Lipinski definition) is 1. The van der Waals surface area contributed by atoms with Crippen molar-refractivity contribution >= 4 is 15.9 Å². The summed E-state index contributed by atoms with van der Waals surface area (Å²) < 4.78 is 2.56. The topological polar surface area (TPSA) is 55.6 Å². The maximum atomic E-state index is 4.06. The minimum atomic E-state index is 0.0716. The number of aryl methyl sites for hydroxylation is 1. The van der Waals surface area contributed by atoms with Crippen LogP contribution in [0.1, 0.15) is 30.6 Å². The van der Waals surface area contributed by atoms with Crippen LogP contribution in [0.4, 0.5) is 0 Å². The monoisotopic (exact) mass is 309 g/mol. The predicted molar refractivity (Wildman–Crippen MR) is 73.1 cm³/mol. The molecule has 2 aromatic rings. The maximum Gasteiger partial charge on any atom is 0.153 e. The van der Waals surface area contributed by atoms with Crippen LogP contribution >= 0.6 is 15.9 Å². The van der Waals surface area contributed by atoms with E-state index in [1.807, 2.05) is 19.2 Å². The summed E-state index contributed by atoms with van der Waals surface area (Å²) in [6.07, 6.45) is 4.67. The molecule has 0 aliphatic rings. The molecule has 18 heavy (non-hydrogen) atoms. The van der Waals surface area contributed by atoms with Crippen molar-refractivity contribution < 1.29 is 0 Å². The molecule has 96 valence electrons. The number of halogens is 1. The van der Waals surface area contributed by atoms with Crippen LogP contribution < -0.4 is 5.32 Å². The van der Waals surface area contributed by atoms with Crippen LogP contribution in [-0.4, -0.2) is 26.5 Å². The van der Waals surface area contributed by atoms with Gasteiger partial charge in [0.15, 0.2) is 4.60 Å². The van der Waals surface area contributed by atoms with E-state index in [2.05, 4.69) is 43.5 Å². The molecule has 0 aromatic carbocycles. The lowest BCUT2D eigenvalue weighted by atomic mass is 10.1. The van der Waals surface area contributed by atoms with Gasteiger partial charge in [-0.2, -0.15) is 0 Å². The number of nitrogens with one attached hydrogen (secondary N) is 1. The zero-order chi connectivity index (χ0) is 13.0. The Bertz CT molecular complexity index is 477. The SMILES string of the molecule is CCCNC(c1ccncc1)c1c(Br)nnn1C. The second-order valence-corrected chi connectivity index (χ2v) is 4.81. The Morgan fingerprint density at radius 1 is 1.39 bits per heavy atom. The molecule has 2 rings (SSSR count). The summed E-state index contributed by atoms with van der Waals surface area (Å²) in [6.45, 7) is 3.08. The van der Waals surface area contributed by atoms with Gasteiger partial charge in [0.1, 0.15) is 0 Å². The fraction of sp³-hybridized carbons (Fsp3) is 0.417. The van der Waals surface area contributed by atoms with Gasteiger partial charge in [0.25, 0.3) is 0 Å². The molecule has 2 heterocycles. The second-order valence-electron chi connectivity index (χ2n) is 4.06. The summed E-state index contributed by atoms with van der Waals surface area (Å²) in [6, 6.07) is 4.09. The molecular weight excluding hydrogens is 294 g/mol. The smallest absolute Gasteiger partial charge is 0.153 e. The highest BCUT2D eigenvalue weighted by atomic mass is 79.9. The van der Waals surface area contributed by atoms with Gasteiger partial charge < -0.3 is 5.32 Å². The molecule has 0 radical (unpaired) electrons. The lowest BCUT2D eigenvalue weighted by molar-refractivity contribution is 0.549. The van der Waals surface area contributed by atoms with E-state index in [4.69, 9.17) is 0 Å². The Morgan fingerprint density at radius 3 is 2.67 bits per heavy atom. The molecule has 0 bridgehead atoms. The maximum absolute atomic E-state index is 4.06. The van der Waals surface area contributed by atoms with Crippen LogP contribution in [0.25, 0.3) is 0 Å². The standard InChI is InChI=1S/C12H16BrN5/c1-3-6-15-10(9-4-7-14-8-5-9)11-12(13)16-17-18(11)2/h4-5,7-8,10,15H,3,6H2,1-2H3. The molecular formula is C12H16BrN5. The number of rotatable bonds is 5. The third-order valence-corrected chi connectivity index (χ3v) is 3.30. The summed E-state index contributed by atoms with van der Waals surface area (Å²) in [5.74, 6) is 0. The molecule has 5 nitrogen and oxygen atoms in total. The third kappa shape index (κ3) is 2.76. The summed E-state index contributed by atoms with van der Waals surface area (Å²) >= 11 is 3.46. The van der Waals surface area contributed by atoms with Gasteiger partial charge in [0.2, 0.25) is 0 Å². The van der Waals surface area contributed by atoms with Crippen molar-refractivity contribution in [1.82, 2.24) is 25.3 Å². The van der Waals surface area contributed by atoms with E-state index >= 15 is 0 Å². The lowest BCUT2D eigenvalue weighted by Gasteiger charge is -2.19. The minimum absolute atomic E-state index is 0.0716. The second kappa shape index (κ2) is 6.06. The Balaban J connectivity index is 2.37. The van der Waals surface area contributed by atoms with Crippen molar-refractivity contribution in [3.63, 3.8) is 0 Å². The molecule has 0 spiro atoms. The molecule has 0 amide bonds. The molecule has 0 aliphatic carbocycles. The van der Waals surface area contributed by atoms with E-state index in [9.17, 15) is 0 Å². The molecule has 0 fully saturated rings. The average Bonchev–Trinajstić information content (AvgIpc) is 2.72. The van der Waals surface area contributed by atoms with E-state index in [0.717, 1.165) is 28.8 Å². The van der Waals surface area contributed by atoms with Gasteiger partial charge in [0, 0.05) is 19.4 Å². The first-order valence-electron chi connectivity index (χ1n) is 5.92. The van der Waals surface area contributed by atoms with Gasteiger partial charge in [-0.25, -0.2) is 4.68 Å². The van der Waals surface area contributed by atoms with Gasteiger partial charge in [-0.15, -0.1) is 5.10 Å². The molecule has 0 saturated heterocycles. The third-order valence-electron chi connectivity index (χ3n) is 2.74. The van der Waals surface area contributed by atoms with E-state index in [-0.39, 0.29) is 6.04 Å². The van der Waals surface area contributed by atoms with Crippen molar-refractivity contribution in [3.8, 4) is 0 Å². The Morgan fingerprint density at radius 2 is 2.11 bits per heavy atom. The highest BCUT2D eigenvalue weighted by molar-refractivity contribution is 9.10. The first-order valence-corrected chi connectivity index (χ1v) is 6.71. The van der Waals surface area contributed by atoms with E-state index in [1.54, 1.807) is 17.1 Å². The van der Waals surface area contributed by atoms with Gasteiger partial charge in [-0.05, 0) is 46.6 Å². The first kappa shape index (κ1) is 13.2. The van der Waals surface area contributed by atoms with Crippen molar-refractivity contribution in [2.75, 3.05) is 6.54 Å². The quantitative estimate of drug-likeness (QED) is 0.918. The lowest BCUT2D eigenvalue weighted by Crippen LogP contribution is -2.25. The molecule has 0 saturated carbocycles. The molecule has 2 aromatic heterocycles. The summed E-state index contributed by atoms with van der Waals surface area (Å²) in [5, 5.41) is 11.6. The number of nitrogens with zero attached hydrogens (tertiary/aromatic N) is 4. The molecule has 1 unspecified atom stereocenters. The average molecular weight is 310 g/mol. The Kier molecular flexibility index (Phi) is 4.43.